The van der Waals surface area contributed by atoms with Gasteiger partial charge in [-0.1, -0.05) is 32.0 Å². The van der Waals surface area contributed by atoms with Crippen LogP contribution in [-0.4, -0.2) is 24.0 Å². The first-order valence-corrected chi connectivity index (χ1v) is 6.78. The standard InChI is InChI=1S/C15H24N2O/c1-5-12(4)13-10-8-9-11-14(13)16-15(18)17(6-2)7-3/h8-12H,5-7H2,1-4H3,(H,16,18). The number of rotatable bonds is 5. The second-order valence-corrected chi connectivity index (χ2v) is 4.50. The summed E-state index contributed by atoms with van der Waals surface area (Å²) in [5.41, 5.74) is 2.14. The van der Waals surface area contributed by atoms with E-state index < -0.39 is 0 Å². The minimum atomic E-state index is -0.0178. The predicted molar refractivity (Wildman–Crippen MR) is 77.1 cm³/mol. The Morgan fingerprint density at radius 2 is 1.83 bits per heavy atom. The van der Waals surface area contributed by atoms with Crippen LogP contribution in [0.2, 0.25) is 0 Å². The molecule has 1 atom stereocenters. The Kier molecular flexibility index (Phi) is 5.69. The molecule has 0 fully saturated rings. The Morgan fingerprint density at radius 1 is 1.22 bits per heavy atom. The van der Waals surface area contributed by atoms with Gasteiger partial charge in [0.15, 0.2) is 0 Å². The van der Waals surface area contributed by atoms with E-state index in [1.54, 1.807) is 4.90 Å². The zero-order valence-electron chi connectivity index (χ0n) is 11.9. The summed E-state index contributed by atoms with van der Waals surface area (Å²) in [6.07, 6.45) is 1.07. The molecular weight excluding hydrogens is 224 g/mol. The van der Waals surface area contributed by atoms with Crippen molar-refractivity contribution in [1.29, 1.82) is 0 Å². The second kappa shape index (κ2) is 7.04. The zero-order chi connectivity index (χ0) is 13.5. The maximum Gasteiger partial charge on any atom is 0.321 e. The number of carbonyl (C=O) groups excluding carboxylic acids is 1. The summed E-state index contributed by atoms with van der Waals surface area (Å²) in [7, 11) is 0. The van der Waals surface area contributed by atoms with Crippen LogP contribution in [-0.2, 0) is 0 Å². The Morgan fingerprint density at radius 3 is 2.39 bits per heavy atom. The van der Waals surface area contributed by atoms with E-state index in [1.165, 1.54) is 5.56 Å². The average Bonchev–Trinajstić information content (AvgIpc) is 2.40. The summed E-state index contributed by atoms with van der Waals surface area (Å²) < 4.78 is 0. The van der Waals surface area contributed by atoms with E-state index in [2.05, 4.69) is 25.2 Å². The highest BCUT2D eigenvalue weighted by Gasteiger charge is 2.13. The van der Waals surface area contributed by atoms with Gasteiger partial charge in [-0.25, -0.2) is 4.79 Å². The number of para-hydroxylation sites is 1. The number of nitrogens with zero attached hydrogens (tertiary/aromatic N) is 1. The lowest BCUT2D eigenvalue weighted by molar-refractivity contribution is 0.217. The first kappa shape index (κ1) is 14.6. The van der Waals surface area contributed by atoms with Crippen molar-refractivity contribution in [1.82, 2.24) is 4.90 Å². The van der Waals surface area contributed by atoms with Crippen molar-refractivity contribution < 1.29 is 4.79 Å². The fourth-order valence-corrected chi connectivity index (χ4v) is 1.97. The third-order valence-electron chi connectivity index (χ3n) is 3.40. The van der Waals surface area contributed by atoms with Crippen molar-refractivity contribution in [2.24, 2.45) is 0 Å². The number of carbonyl (C=O) groups is 1. The fraction of sp³-hybridized carbons (Fsp3) is 0.533. The molecule has 0 aromatic heterocycles. The van der Waals surface area contributed by atoms with Crippen molar-refractivity contribution in [2.75, 3.05) is 18.4 Å². The fourth-order valence-electron chi connectivity index (χ4n) is 1.97. The number of nitrogens with one attached hydrogen (secondary N) is 1. The van der Waals surface area contributed by atoms with E-state index in [1.807, 2.05) is 32.0 Å². The van der Waals surface area contributed by atoms with E-state index in [0.717, 1.165) is 25.2 Å². The molecule has 3 nitrogen and oxygen atoms in total. The molecule has 0 aliphatic rings. The van der Waals surface area contributed by atoms with Crippen LogP contribution in [0.1, 0.15) is 45.6 Å². The average molecular weight is 248 g/mol. The smallest absolute Gasteiger partial charge is 0.321 e. The van der Waals surface area contributed by atoms with E-state index in [-0.39, 0.29) is 6.03 Å². The van der Waals surface area contributed by atoms with Gasteiger partial charge in [-0.05, 0) is 37.8 Å². The lowest BCUT2D eigenvalue weighted by atomic mass is 9.97. The molecule has 0 aliphatic heterocycles. The monoisotopic (exact) mass is 248 g/mol. The molecular formula is C15H24N2O. The number of hydrogen-bond donors (Lipinski definition) is 1. The molecule has 3 heteroatoms. The van der Waals surface area contributed by atoms with Crippen LogP contribution < -0.4 is 5.32 Å². The quantitative estimate of drug-likeness (QED) is 0.837. The highest BCUT2D eigenvalue weighted by atomic mass is 16.2. The van der Waals surface area contributed by atoms with E-state index in [0.29, 0.717) is 5.92 Å². The van der Waals surface area contributed by atoms with Gasteiger partial charge in [-0.15, -0.1) is 0 Å². The van der Waals surface area contributed by atoms with Crippen molar-refractivity contribution in [3.8, 4) is 0 Å². The van der Waals surface area contributed by atoms with Gasteiger partial charge >= 0.3 is 6.03 Å². The van der Waals surface area contributed by atoms with E-state index >= 15 is 0 Å². The lowest BCUT2D eigenvalue weighted by Crippen LogP contribution is -2.34. The summed E-state index contributed by atoms with van der Waals surface area (Å²) in [5, 5.41) is 3.01. The van der Waals surface area contributed by atoms with Crippen LogP contribution in [0.5, 0.6) is 0 Å². The second-order valence-electron chi connectivity index (χ2n) is 4.50. The van der Waals surface area contributed by atoms with Gasteiger partial charge in [0, 0.05) is 18.8 Å². The first-order chi connectivity index (χ1) is 8.63. The molecule has 100 valence electrons. The van der Waals surface area contributed by atoms with Crippen molar-refractivity contribution in [3.63, 3.8) is 0 Å². The third kappa shape index (κ3) is 3.49. The van der Waals surface area contributed by atoms with Crippen LogP contribution in [0.4, 0.5) is 10.5 Å². The van der Waals surface area contributed by atoms with Crippen molar-refractivity contribution in [2.45, 2.75) is 40.0 Å². The molecule has 0 heterocycles. The Balaban J connectivity index is 2.87. The molecule has 18 heavy (non-hydrogen) atoms. The van der Waals surface area contributed by atoms with Crippen LogP contribution in [0.25, 0.3) is 0 Å². The Hall–Kier alpha value is -1.51. The molecule has 0 saturated heterocycles. The maximum atomic E-state index is 12.1. The van der Waals surface area contributed by atoms with Gasteiger partial charge in [0.1, 0.15) is 0 Å². The van der Waals surface area contributed by atoms with E-state index in [9.17, 15) is 4.79 Å². The molecule has 1 aromatic carbocycles. The van der Waals surface area contributed by atoms with Crippen LogP contribution in [0, 0.1) is 0 Å². The molecule has 1 aromatic rings. The molecule has 0 spiro atoms. The topological polar surface area (TPSA) is 32.3 Å². The van der Waals surface area contributed by atoms with Crippen molar-refractivity contribution >= 4 is 11.7 Å². The first-order valence-electron chi connectivity index (χ1n) is 6.78. The molecule has 0 bridgehead atoms. The minimum Gasteiger partial charge on any atom is -0.325 e. The van der Waals surface area contributed by atoms with Crippen LogP contribution in [0.3, 0.4) is 0 Å². The van der Waals surface area contributed by atoms with Crippen LogP contribution >= 0.6 is 0 Å². The number of benzene rings is 1. The molecule has 0 saturated carbocycles. The SMILES string of the molecule is CCC(C)c1ccccc1NC(=O)N(CC)CC. The largest absolute Gasteiger partial charge is 0.325 e. The normalized spacial score (nSPS) is 12.0. The Labute approximate surface area is 110 Å². The summed E-state index contributed by atoms with van der Waals surface area (Å²) in [6, 6.07) is 8.03. The van der Waals surface area contributed by atoms with Crippen molar-refractivity contribution in [3.05, 3.63) is 29.8 Å². The molecule has 1 rings (SSSR count). The van der Waals surface area contributed by atoms with Gasteiger partial charge in [-0.3, -0.25) is 0 Å². The molecule has 2 amide bonds. The van der Waals surface area contributed by atoms with Gasteiger partial charge in [-0.2, -0.15) is 0 Å². The molecule has 0 radical (unpaired) electrons. The third-order valence-corrected chi connectivity index (χ3v) is 3.40. The molecule has 1 unspecified atom stereocenters. The summed E-state index contributed by atoms with van der Waals surface area (Å²) in [4.78, 5) is 13.8. The highest BCUT2D eigenvalue weighted by molar-refractivity contribution is 5.90. The predicted octanol–water partition coefficient (Wildman–Crippen LogP) is 4.07. The van der Waals surface area contributed by atoms with Gasteiger partial charge in [0.2, 0.25) is 0 Å². The summed E-state index contributed by atoms with van der Waals surface area (Å²) in [5.74, 6) is 0.457. The maximum absolute atomic E-state index is 12.1. The minimum absolute atomic E-state index is 0.0178. The lowest BCUT2D eigenvalue weighted by Gasteiger charge is -2.21. The molecule has 0 aliphatic carbocycles. The van der Waals surface area contributed by atoms with E-state index in [4.69, 9.17) is 0 Å². The number of urea groups is 1. The summed E-state index contributed by atoms with van der Waals surface area (Å²) >= 11 is 0. The highest BCUT2D eigenvalue weighted by Crippen LogP contribution is 2.26. The van der Waals surface area contributed by atoms with Gasteiger partial charge < -0.3 is 10.2 Å². The zero-order valence-corrected chi connectivity index (χ0v) is 11.9. The number of hydrogen-bond acceptors (Lipinski definition) is 1. The number of anilines is 1. The van der Waals surface area contributed by atoms with Crippen LogP contribution in [0.15, 0.2) is 24.3 Å². The summed E-state index contributed by atoms with van der Waals surface area (Å²) in [6.45, 7) is 9.78. The number of amides is 2. The van der Waals surface area contributed by atoms with Gasteiger partial charge in [0.05, 0.1) is 0 Å². The van der Waals surface area contributed by atoms with Gasteiger partial charge in [0.25, 0.3) is 0 Å². The Bertz CT molecular complexity index is 386. The molecule has 1 N–H and O–H groups in total.